The molecule has 2 unspecified atom stereocenters. The van der Waals surface area contributed by atoms with Crippen LogP contribution in [0.2, 0.25) is 5.02 Å². The van der Waals surface area contributed by atoms with Gasteiger partial charge in [0.15, 0.2) is 11.6 Å². The first-order valence-corrected chi connectivity index (χ1v) is 12.4. The van der Waals surface area contributed by atoms with E-state index in [0.29, 0.717) is 41.2 Å². The number of hydrogen-bond acceptors (Lipinski definition) is 4. The van der Waals surface area contributed by atoms with Crippen LogP contribution in [0.1, 0.15) is 46.7 Å². The topological polar surface area (TPSA) is 70.5 Å². The molecule has 1 aliphatic carbocycles. The number of nitrogens with one attached hydrogen (secondary N) is 1. The standard InChI is InChI=1S/C30H27ClN2O3/c1-18-6-8-20(9-7-18)29(35)28-26(19-10-16-23(36-2)17-11-19)27-24(4-3-5-25(27)34)33(30(28)32)22-14-12-21(31)13-15-22/h6-17,26,28,32H,3-5H2,1-2H3. The number of aryl methyl sites for hydroxylation is 1. The van der Waals surface area contributed by atoms with Crippen molar-refractivity contribution in [3.8, 4) is 5.75 Å². The molecule has 182 valence electrons. The smallest absolute Gasteiger partial charge is 0.174 e. The normalized spacial score (nSPS) is 19.8. The zero-order chi connectivity index (χ0) is 25.4. The van der Waals surface area contributed by atoms with E-state index < -0.39 is 11.8 Å². The van der Waals surface area contributed by atoms with Crippen molar-refractivity contribution >= 4 is 34.7 Å². The maximum absolute atomic E-state index is 14.1. The highest BCUT2D eigenvalue weighted by Gasteiger charge is 2.47. The summed E-state index contributed by atoms with van der Waals surface area (Å²) in [4.78, 5) is 29.4. The van der Waals surface area contributed by atoms with Gasteiger partial charge in [0.05, 0.1) is 13.0 Å². The lowest BCUT2D eigenvalue weighted by atomic mass is 9.69. The third-order valence-electron chi connectivity index (χ3n) is 7.06. The van der Waals surface area contributed by atoms with Crippen molar-refractivity contribution in [3.63, 3.8) is 0 Å². The lowest BCUT2D eigenvalue weighted by Gasteiger charge is -2.44. The summed E-state index contributed by atoms with van der Waals surface area (Å²) in [6.07, 6.45) is 1.80. The molecule has 0 amide bonds. The van der Waals surface area contributed by atoms with Crippen molar-refractivity contribution < 1.29 is 14.3 Å². The number of carbonyl (C=O) groups is 2. The van der Waals surface area contributed by atoms with Crippen LogP contribution in [0, 0.1) is 18.3 Å². The van der Waals surface area contributed by atoms with Crippen LogP contribution in [0.5, 0.6) is 5.75 Å². The SMILES string of the molecule is COc1ccc(C2C3=C(CCCC3=O)N(c3ccc(Cl)cc3)C(=N)C2C(=O)c2ccc(C)cc2)cc1. The van der Waals surface area contributed by atoms with Crippen molar-refractivity contribution in [2.24, 2.45) is 5.92 Å². The van der Waals surface area contributed by atoms with Crippen LogP contribution in [0.25, 0.3) is 0 Å². The molecule has 2 atom stereocenters. The number of halogens is 1. The Balaban J connectivity index is 1.73. The number of rotatable bonds is 5. The number of anilines is 1. The molecule has 0 saturated heterocycles. The van der Waals surface area contributed by atoms with Gasteiger partial charge >= 0.3 is 0 Å². The first-order chi connectivity index (χ1) is 17.4. The quantitative estimate of drug-likeness (QED) is 0.395. The number of benzene rings is 3. The second-order valence-corrected chi connectivity index (χ2v) is 9.73. The number of ketones is 2. The lowest BCUT2D eigenvalue weighted by Crippen LogP contribution is -2.49. The highest BCUT2D eigenvalue weighted by atomic mass is 35.5. The lowest BCUT2D eigenvalue weighted by molar-refractivity contribution is -0.116. The number of allylic oxidation sites excluding steroid dienone is 2. The van der Waals surface area contributed by atoms with Crippen molar-refractivity contribution in [2.75, 3.05) is 12.0 Å². The van der Waals surface area contributed by atoms with Crippen LogP contribution in [0.4, 0.5) is 5.69 Å². The third-order valence-corrected chi connectivity index (χ3v) is 7.31. The molecule has 0 aromatic heterocycles. The van der Waals surface area contributed by atoms with E-state index in [4.69, 9.17) is 16.3 Å². The molecule has 6 heteroatoms. The zero-order valence-electron chi connectivity index (χ0n) is 20.3. The molecule has 2 aliphatic rings. The second kappa shape index (κ2) is 9.75. The Morgan fingerprint density at radius 3 is 2.28 bits per heavy atom. The molecule has 36 heavy (non-hydrogen) atoms. The molecule has 1 heterocycles. The van der Waals surface area contributed by atoms with Crippen LogP contribution in [0.3, 0.4) is 0 Å². The Hall–Kier alpha value is -3.70. The van der Waals surface area contributed by atoms with Crippen LogP contribution >= 0.6 is 11.6 Å². The number of Topliss-reactive ketones (excluding diaryl/α,β-unsaturated/α-hetero) is 2. The van der Waals surface area contributed by atoms with Crippen molar-refractivity contribution in [2.45, 2.75) is 32.1 Å². The molecule has 1 aliphatic heterocycles. The van der Waals surface area contributed by atoms with Gasteiger partial charge in [0.2, 0.25) is 0 Å². The van der Waals surface area contributed by atoms with Gasteiger partial charge in [0.25, 0.3) is 0 Å². The van der Waals surface area contributed by atoms with E-state index in [0.717, 1.165) is 22.5 Å². The molecule has 3 aromatic carbocycles. The van der Waals surface area contributed by atoms with E-state index in [1.165, 1.54) is 0 Å². The Morgan fingerprint density at radius 1 is 0.972 bits per heavy atom. The Bertz CT molecular complexity index is 1360. The number of methoxy groups -OCH3 is 1. The molecule has 0 saturated carbocycles. The molecule has 0 bridgehead atoms. The number of hydrogen-bond donors (Lipinski definition) is 1. The van der Waals surface area contributed by atoms with Gasteiger partial charge in [-0.15, -0.1) is 0 Å². The molecule has 1 N–H and O–H groups in total. The largest absolute Gasteiger partial charge is 0.497 e. The summed E-state index contributed by atoms with van der Waals surface area (Å²) in [6.45, 7) is 1.97. The minimum atomic E-state index is -0.863. The summed E-state index contributed by atoms with van der Waals surface area (Å²) in [6, 6.07) is 22.1. The minimum absolute atomic E-state index is 0.0326. The van der Waals surface area contributed by atoms with Gasteiger partial charge in [-0.1, -0.05) is 53.6 Å². The van der Waals surface area contributed by atoms with Gasteiger partial charge in [-0.25, -0.2) is 0 Å². The van der Waals surface area contributed by atoms with Crippen LogP contribution < -0.4 is 9.64 Å². The van der Waals surface area contributed by atoms with Crippen molar-refractivity contribution in [1.29, 1.82) is 5.41 Å². The highest BCUT2D eigenvalue weighted by Crippen LogP contribution is 2.47. The van der Waals surface area contributed by atoms with Gasteiger partial charge in [0.1, 0.15) is 11.6 Å². The highest BCUT2D eigenvalue weighted by molar-refractivity contribution is 6.30. The summed E-state index contributed by atoms with van der Waals surface area (Å²) in [7, 11) is 1.60. The number of carbonyl (C=O) groups excluding carboxylic acids is 2. The molecule has 5 rings (SSSR count). The van der Waals surface area contributed by atoms with E-state index in [9.17, 15) is 15.0 Å². The molecule has 0 spiro atoms. The summed E-state index contributed by atoms with van der Waals surface area (Å²) in [5.41, 5.74) is 4.55. The van der Waals surface area contributed by atoms with Crippen LogP contribution in [0.15, 0.2) is 84.1 Å². The molecule has 5 nitrogen and oxygen atoms in total. The molecule has 3 aromatic rings. The Kier molecular flexibility index (Phi) is 6.50. The first-order valence-electron chi connectivity index (χ1n) is 12.0. The summed E-state index contributed by atoms with van der Waals surface area (Å²) >= 11 is 6.14. The number of amidine groups is 1. The molecular weight excluding hydrogens is 472 g/mol. The third kappa shape index (κ3) is 4.24. The Labute approximate surface area is 215 Å². The first kappa shape index (κ1) is 24.0. The number of ether oxygens (including phenoxy) is 1. The summed E-state index contributed by atoms with van der Waals surface area (Å²) in [5.74, 6) is -0.703. The molecular formula is C30H27ClN2O3. The molecule has 0 fully saturated rings. The van der Waals surface area contributed by atoms with E-state index in [2.05, 4.69) is 0 Å². The minimum Gasteiger partial charge on any atom is -0.497 e. The van der Waals surface area contributed by atoms with Crippen LogP contribution in [-0.2, 0) is 4.79 Å². The second-order valence-electron chi connectivity index (χ2n) is 9.29. The fraction of sp³-hybridized carbons (Fsp3) is 0.233. The van der Waals surface area contributed by atoms with E-state index in [-0.39, 0.29) is 17.4 Å². The zero-order valence-corrected chi connectivity index (χ0v) is 21.0. The summed E-state index contributed by atoms with van der Waals surface area (Å²) < 4.78 is 5.34. The van der Waals surface area contributed by atoms with E-state index in [1.807, 2.05) is 55.5 Å². The maximum Gasteiger partial charge on any atom is 0.174 e. The average molecular weight is 499 g/mol. The molecule has 0 radical (unpaired) electrons. The predicted octanol–water partition coefficient (Wildman–Crippen LogP) is 6.74. The number of nitrogens with zero attached hydrogens (tertiary/aromatic N) is 1. The average Bonchev–Trinajstić information content (AvgIpc) is 2.89. The fourth-order valence-corrected chi connectivity index (χ4v) is 5.40. The summed E-state index contributed by atoms with van der Waals surface area (Å²) in [5, 5.41) is 9.95. The fourth-order valence-electron chi connectivity index (χ4n) is 5.27. The van der Waals surface area contributed by atoms with Gasteiger partial charge in [-0.2, -0.15) is 0 Å². The van der Waals surface area contributed by atoms with Gasteiger partial charge in [0, 0.05) is 39.9 Å². The van der Waals surface area contributed by atoms with Crippen molar-refractivity contribution in [3.05, 3.63) is 106 Å². The van der Waals surface area contributed by atoms with Gasteiger partial charge in [-0.3, -0.25) is 15.0 Å². The predicted molar refractivity (Wildman–Crippen MR) is 142 cm³/mol. The van der Waals surface area contributed by atoms with E-state index in [1.54, 1.807) is 36.3 Å². The Morgan fingerprint density at radius 2 is 1.64 bits per heavy atom. The monoisotopic (exact) mass is 498 g/mol. The van der Waals surface area contributed by atoms with E-state index >= 15 is 0 Å². The maximum atomic E-state index is 14.1. The van der Waals surface area contributed by atoms with Gasteiger partial charge in [-0.05, 0) is 61.7 Å². The van der Waals surface area contributed by atoms with Gasteiger partial charge < -0.3 is 9.64 Å². The van der Waals surface area contributed by atoms with Crippen molar-refractivity contribution in [1.82, 2.24) is 0 Å². The van der Waals surface area contributed by atoms with Crippen LogP contribution in [-0.4, -0.2) is 24.5 Å².